The van der Waals surface area contributed by atoms with E-state index in [0.29, 0.717) is 23.4 Å². The van der Waals surface area contributed by atoms with Crippen LogP contribution in [0.25, 0.3) is 0 Å². The molecule has 25 heavy (non-hydrogen) atoms. The molecule has 6 nitrogen and oxygen atoms in total. The fourth-order valence-corrected chi connectivity index (χ4v) is 2.74. The molecule has 3 amide bonds. The molecule has 1 aliphatic rings. The van der Waals surface area contributed by atoms with Crippen molar-refractivity contribution in [2.75, 3.05) is 11.9 Å². The van der Waals surface area contributed by atoms with Crippen molar-refractivity contribution in [2.45, 2.75) is 26.7 Å². The van der Waals surface area contributed by atoms with E-state index in [2.05, 4.69) is 10.3 Å². The Kier molecular flexibility index (Phi) is 4.61. The summed E-state index contributed by atoms with van der Waals surface area (Å²) >= 11 is 0. The number of benzene rings is 1. The number of amides is 3. The average molecular weight is 337 g/mol. The van der Waals surface area contributed by atoms with Crippen molar-refractivity contribution in [3.8, 4) is 0 Å². The number of carbonyl (C=O) groups excluding carboxylic acids is 3. The number of nitrogens with zero attached hydrogens (tertiary/aromatic N) is 2. The number of anilines is 1. The van der Waals surface area contributed by atoms with Crippen LogP contribution in [-0.4, -0.2) is 34.2 Å². The van der Waals surface area contributed by atoms with Crippen molar-refractivity contribution in [3.05, 3.63) is 58.9 Å². The normalized spacial score (nSPS) is 13.1. The van der Waals surface area contributed by atoms with Gasteiger partial charge in [0.05, 0.1) is 23.0 Å². The van der Waals surface area contributed by atoms with Gasteiger partial charge in [-0.2, -0.15) is 0 Å². The lowest BCUT2D eigenvalue weighted by Gasteiger charge is -2.12. The molecule has 0 aliphatic carbocycles. The molecule has 0 saturated heterocycles. The second-order valence-corrected chi connectivity index (χ2v) is 6.02. The number of nitrogens with one attached hydrogen (secondary N) is 1. The van der Waals surface area contributed by atoms with Crippen molar-refractivity contribution in [1.82, 2.24) is 9.88 Å². The van der Waals surface area contributed by atoms with E-state index in [4.69, 9.17) is 0 Å². The molecule has 2 heterocycles. The molecule has 1 N–H and O–H groups in total. The van der Waals surface area contributed by atoms with Gasteiger partial charge in [0.1, 0.15) is 0 Å². The quantitative estimate of drug-likeness (QED) is 0.851. The van der Waals surface area contributed by atoms with Crippen LogP contribution in [0.2, 0.25) is 0 Å². The maximum Gasteiger partial charge on any atom is 0.261 e. The largest absolute Gasteiger partial charge is 0.320 e. The van der Waals surface area contributed by atoms with Crippen molar-refractivity contribution in [3.63, 3.8) is 0 Å². The fraction of sp³-hybridized carbons (Fsp3) is 0.263. The number of imide groups is 1. The van der Waals surface area contributed by atoms with E-state index in [1.165, 1.54) is 11.0 Å². The standard InChI is InChI=1S/C19H19N3O3/c1-3-4-9-22-18(24)14-6-5-13(10-15(14)19(22)25)17(23)21-16-11-20-8-7-12(16)2/h5-8,10-11H,3-4,9H2,1-2H3,(H,21,23). The molecule has 2 aromatic rings. The smallest absolute Gasteiger partial charge is 0.261 e. The summed E-state index contributed by atoms with van der Waals surface area (Å²) < 4.78 is 0. The summed E-state index contributed by atoms with van der Waals surface area (Å²) in [6.07, 6.45) is 4.88. The second kappa shape index (κ2) is 6.84. The molecular formula is C19H19N3O3. The molecule has 0 fully saturated rings. The number of hydrogen-bond acceptors (Lipinski definition) is 4. The van der Waals surface area contributed by atoms with Gasteiger partial charge in [-0.3, -0.25) is 24.3 Å². The van der Waals surface area contributed by atoms with E-state index >= 15 is 0 Å². The molecule has 3 rings (SSSR count). The molecule has 1 aliphatic heterocycles. The summed E-state index contributed by atoms with van der Waals surface area (Å²) in [6, 6.07) is 6.40. The summed E-state index contributed by atoms with van der Waals surface area (Å²) in [4.78, 5) is 42.5. The molecule has 0 atom stereocenters. The predicted octanol–water partition coefficient (Wildman–Crippen LogP) is 3.04. The number of aryl methyl sites for hydroxylation is 1. The van der Waals surface area contributed by atoms with Crippen LogP contribution in [0.4, 0.5) is 5.69 Å². The summed E-state index contributed by atoms with van der Waals surface area (Å²) in [5, 5.41) is 2.78. The number of unbranched alkanes of at least 4 members (excludes halogenated alkanes) is 1. The predicted molar refractivity (Wildman–Crippen MR) is 93.6 cm³/mol. The van der Waals surface area contributed by atoms with Gasteiger partial charge in [-0.1, -0.05) is 13.3 Å². The molecule has 1 aromatic heterocycles. The molecule has 6 heteroatoms. The van der Waals surface area contributed by atoms with Gasteiger partial charge in [-0.15, -0.1) is 0 Å². The van der Waals surface area contributed by atoms with E-state index < -0.39 is 0 Å². The Morgan fingerprint density at radius 1 is 1.16 bits per heavy atom. The Morgan fingerprint density at radius 3 is 2.64 bits per heavy atom. The number of pyridine rings is 1. The lowest BCUT2D eigenvalue weighted by atomic mass is 10.1. The van der Waals surface area contributed by atoms with Crippen LogP contribution in [0.5, 0.6) is 0 Å². The van der Waals surface area contributed by atoms with Gasteiger partial charge >= 0.3 is 0 Å². The first kappa shape index (κ1) is 16.8. The van der Waals surface area contributed by atoms with E-state index in [-0.39, 0.29) is 23.3 Å². The Morgan fingerprint density at radius 2 is 1.92 bits per heavy atom. The maximum absolute atomic E-state index is 12.5. The number of hydrogen-bond donors (Lipinski definition) is 1. The monoisotopic (exact) mass is 337 g/mol. The highest BCUT2D eigenvalue weighted by Crippen LogP contribution is 2.25. The third-order valence-electron chi connectivity index (χ3n) is 4.26. The van der Waals surface area contributed by atoms with E-state index in [9.17, 15) is 14.4 Å². The van der Waals surface area contributed by atoms with Crippen LogP contribution in [0, 0.1) is 6.92 Å². The fourth-order valence-electron chi connectivity index (χ4n) is 2.74. The Hall–Kier alpha value is -3.02. The van der Waals surface area contributed by atoms with Gasteiger partial charge in [-0.05, 0) is 43.2 Å². The van der Waals surface area contributed by atoms with Gasteiger partial charge in [-0.25, -0.2) is 0 Å². The van der Waals surface area contributed by atoms with Crippen LogP contribution >= 0.6 is 0 Å². The van der Waals surface area contributed by atoms with Crippen LogP contribution in [-0.2, 0) is 0 Å². The molecule has 0 radical (unpaired) electrons. The van der Waals surface area contributed by atoms with Crippen LogP contribution < -0.4 is 5.32 Å². The summed E-state index contributed by atoms with van der Waals surface area (Å²) in [7, 11) is 0. The van der Waals surface area contributed by atoms with Crippen molar-refractivity contribution in [2.24, 2.45) is 0 Å². The van der Waals surface area contributed by atoms with Crippen molar-refractivity contribution < 1.29 is 14.4 Å². The molecular weight excluding hydrogens is 318 g/mol. The zero-order valence-electron chi connectivity index (χ0n) is 14.2. The first-order valence-electron chi connectivity index (χ1n) is 8.25. The number of fused-ring (bicyclic) bond motifs is 1. The lowest BCUT2D eigenvalue weighted by Crippen LogP contribution is -2.30. The number of aromatic nitrogens is 1. The number of carbonyl (C=O) groups is 3. The topological polar surface area (TPSA) is 79.4 Å². The van der Waals surface area contributed by atoms with Gasteiger partial charge in [0.2, 0.25) is 0 Å². The van der Waals surface area contributed by atoms with Crippen molar-refractivity contribution in [1.29, 1.82) is 0 Å². The molecule has 0 spiro atoms. The minimum absolute atomic E-state index is 0.288. The minimum Gasteiger partial charge on any atom is -0.320 e. The third kappa shape index (κ3) is 3.15. The Balaban J connectivity index is 1.84. The Labute approximate surface area is 145 Å². The highest BCUT2D eigenvalue weighted by molar-refractivity contribution is 6.22. The lowest BCUT2D eigenvalue weighted by molar-refractivity contribution is 0.0652. The SMILES string of the molecule is CCCCN1C(=O)c2ccc(C(=O)Nc3cnccc3C)cc2C1=O. The van der Waals surface area contributed by atoms with Crippen LogP contribution in [0.3, 0.4) is 0 Å². The first-order chi connectivity index (χ1) is 12.0. The highest BCUT2D eigenvalue weighted by Gasteiger charge is 2.35. The summed E-state index contributed by atoms with van der Waals surface area (Å²) in [5.41, 5.74) is 2.48. The minimum atomic E-state index is -0.342. The highest BCUT2D eigenvalue weighted by atomic mass is 16.2. The molecule has 128 valence electrons. The first-order valence-corrected chi connectivity index (χ1v) is 8.25. The molecule has 0 unspecified atom stereocenters. The van der Waals surface area contributed by atoms with Gasteiger partial charge in [0.25, 0.3) is 17.7 Å². The summed E-state index contributed by atoms with van der Waals surface area (Å²) in [6.45, 7) is 4.27. The van der Waals surface area contributed by atoms with E-state index in [0.717, 1.165) is 18.4 Å². The maximum atomic E-state index is 12.5. The average Bonchev–Trinajstić information content (AvgIpc) is 2.85. The van der Waals surface area contributed by atoms with Gasteiger partial charge < -0.3 is 5.32 Å². The third-order valence-corrected chi connectivity index (χ3v) is 4.26. The molecule has 0 saturated carbocycles. The Bertz CT molecular complexity index is 861. The second-order valence-electron chi connectivity index (χ2n) is 6.02. The zero-order valence-corrected chi connectivity index (χ0v) is 14.2. The van der Waals surface area contributed by atoms with Gasteiger partial charge in [0.15, 0.2) is 0 Å². The molecule has 0 bridgehead atoms. The van der Waals surface area contributed by atoms with E-state index in [1.54, 1.807) is 30.6 Å². The zero-order chi connectivity index (χ0) is 18.0. The molecule has 1 aromatic carbocycles. The number of rotatable bonds is 5. The van der Waals surface area contributed by atoms with Gasteiger partial charge in [0, 0.05) is 18.3 Å². The summed E-state index contributed by atoms with van der Waals surface area (Å²) in [5.74, 6) is -0.963. The van der Waals surface area contributed by atoms with Crippen LogP contribution in [0.15, 0.2) is 36.7 Å². The van der Waals surface area contributed by atoms with Crippen LogP contribution in [0.1, 0.15) is 56.4 Å². The van der Waals surface area contributed by atoms with E-state index in [1.807, 2.05) is 13.8 Å². The van der Waals surface area contributed by atoms with Crippen molar-refractivity contribution >= 4 is 23.4 Å².